The van der Waals surface area contributed by atoms with Crippen LogP contribution < -0.4 is 0 Å². The molecule has 0 spiro atoms. The summed E-state index contributed by atoms with van der Waals surface area (Å²) < 4.78 is 10.0. The highest BCUT2D eigenvalue weighted by Gasteiger charge is 2.33. The number of rotatable bonds is 4. The van der Waals surface area contributed by atoms with Crippen molar-refractivity contribution < 1.29 is 14.3 Å². The molecule has 12 heavy (non-hydrogen) atoms. The van der Waals surface area contributed by atoms with Crippen molar-refractivity contribution in [3.63, 3.8) is 0 Å². The van der Waals surface area contributed by atoms with E-state index in [9.17, 15) is 4.79 Å². The molecule has 1 saturated heterocycles. The van der Waals surface area contributed by atoms with Gasteiger partial charge in [-0.3, -0.25) is 0 Å². The van der Waals surface area contributed by atoms with Crippen LogP contribution in [-0.4, -0.2) is 24.8 Å². The number of carbonyl (C=O) groups excluding carboxylic acids is 1. The molecule has 1 heterocycles. The first-order valence-corrected chi connectivity index (χ1v) is 4.19. The van der Waals surface area contributed by atoms with E-state index in [2.05, 4.69) is 0 Å². The zero-order valence-electron chi connectivity index (χ0n) is 7.45. The van der Waals surface area contributed by atoms with Crippen molar-refractivity contribution >= 4 is 5.97 Å². The van der Waals surface area contributed by atoms with E-state index < -0.39 is 0 Å². The van der Waals surface area contributed by atoms with Gasteiger partial charge in [-0.1, -0.05) is 6.08 Å². The lowest BCUT2D eigenvalue weighted by molar-refractivity contribution is -0.137. The second kappa shape index (κ2) is 4.26. The van der Waals surface area contributed by atoms with E-state index >= 15 is 0 Å². The molecule has 0 aromatic rings. The molecule has 0 bridgehead atoms. The third kappa shape index (κ3) is 3.05. The van der Waals surface area contributed by atoms with E-state index in [0.717, 1.165) is 6.42 Å². The first kappa shape index (κ1) is 9.26. The lowest BCUT2D eigenvalue weighted by Crippen LogP contribution is -2.05. The maximum Gasteiger partial charge on any atom is 0.330 e. The summed E-state index contributed by atoms with van der Waals surface area (Å²) in [6.07, 6.45) is 4.55. The van der Waals surface area contributed by atoms with Gasteiger partial charge in [0, 0.05) is 12.5 Å². The summed E-state index contributed by atoms with van der Waals surface area (Å²) in [4.78, 5) is 10.8. The van der Waals surface area contributed by atoms with Crippen LogP contribution in [0.1, 0.15) is 20.3 Å². The fourth-order valence-corrected chi connectivity index (χ4v) is 0.993. The molecular weight excluding hydrogens is 156 g/mol. The van der Waals surface area contributed by atoms with E-state index in [-0.39, 0.29) is 5.97 Å². The maximum absolute atomic E-state index is 10.8. The van der Waals surface area contributed by atoms with Gasteiger partial charge in [0.1, 0.15) is 0 Å². The predicted octanol–water partition coefficient (Wildman–Crippen LogP) is 1.28. The summed E-state index contributed by atoms with van der Waals surface area (Å²) in [5.74, 6) is -0.272. The predicted molar refractivity (Wildman–Crippen MR) is 44.7 cm³/mol. The summed E-state index contributed by atoms with van der Waals surface area (Å²) in [6, 6.07) is 0. The van der Waals surface area contributed by atoms with E-state index in [1.165, 1.54) is 6.08 Å². The molecule has 2 unspecified atom stereocenters. The number of esters is 1. The number of hydrogen-bond donors (Lipinski definition) is 0. The van der Waals surface area contributed by atoms with Crippen LogP contribution in [0.4, 0.5) is 0 Å². The largest absolute Gasteiger partial charge is 0.462 e. The van der Waals surface area contributed by atoms with Gasteiger partial charge in [-0.25, -0.2) is 4.79 Å². The van der Waals surface area contributed by atoms with Gasteiger partial charge in [-0.15, -0.1) is 0 Å². The van der Waals surface area contributed by atoms with Crippen LogP contribution in [0.15, 0.2) is 12.2 Å². The summed E-state index contributed by atoms with van der Waals surface area (Å²) in [5.41, 5.74) is 0. The minimum atomic E-state index is -0.272. The van der Waals surface area contributed by atoms with Crippen molar-refractivity contribution in [1.82, 2.24) is 0 Å². The Kier molecular flexibility index (Phi) is 3.29. The van der Waals surface area contributed by atoms with Crippen LogP contribution in [-0.2, 0) is 14.3 Å². The monoisotopic (exact) mass is 170 g/mol. The van der Waals surface area contributed by atoms with Gasteiger partial charge in [-0.05, 0) is 13.8 Å². The summed E-state index contributed by atoms with van der Waals surface area (Å²) in [6.45, 7) is 4.25. The van der Waals surface area contributed by atoms with Crippen molar-refractivity contribution in [2.75, 3.05) is 6.61 Å². The number of epoxide rings is 1. The van der Waals surface area contributed by atoms with E-state index in [4.69, 9.17) is 9.47 Å². The van der Waals surface area contributed by atoms with Crippen molar-refractivity contribution in [1.29, 1.82) is 0 Å². The molecule has 1 aliphatic rings. The molecule has 0 saturated carbocycles. The van der Waals surface area contributed by atoms with E-state index in [1.54, 1.807) is 13.0 Å². The van der Waals surface area contributed by atoms with Gasteiger partial charge in [0.25, 0.3) is 0 Å². The lowest BCUT2D eigenvalue weighted by atomic mass is 10.3. The average molecular weight is 170 g/mol. The number of carbonyl (C=O) groups is 1. The van der Waals surface area contributed by atoms with Crippen molar-refractivity contribution in [2.24, 2.45) is 0 Å². The Labute approximate surface area is 72.4 Å². The molecule has 1 fully saturated rings. The van der Waals surface area contributed by atoms with Crippen LogP contribution >= 0.6 is 0 Å². The summed E-state index contributed by atoms with van der Waals surface area (Å²) >= 11 is 0. The second-order valence-corrected chi connectivity index (χ2v) is 2.84. The first-order chi connectivity index (χ1) is 5.74. The van der Waals surface area contributed by atoms with Crippen LogP contribution in [0.3, 0.4) is 0 Å². The van der Waals surface area contributed by atoms with E-state index in [0.29, 0.717) is 18.8 Å². The molecule has 0 amide bonds. The second-order valence-electron chi connectivity index (χ2n) is 2.84. The van der Waals surface area contributed by atoms with Gasteiger partial charge in [-0.2, -0.15) is 0 Å². The van der Waals surface area contributed by atoms with Gasteiger partial charge in [0.15, 0.2) is 0 Å². The Balaban J connectivity index is 1.98. The Hall–Kier alpha value is -0.830. The minimum Gasteiger partial charge on any atom is -0.462 e. The zero-order chi connectivity index (χ0) is 8.97. The maximum atomic E-state index is 10.8. The fraction of sp³-hybridized carbons (Fsp3) is 0.667. The van der Waals surface area contributed by atoms with Crippen molar-refractivity contribution in [2.45, 2.75) is 32.5 Å². The zero-order valence-corrected chi connectivity index (χ0v) is 7.45. The molecule has 1 rings (SSSR count). The molecule has 0 radical (unpaired) electrons. The number of ether oxygens (including phenoxy) is 2. The molecule has 3 nitrogen and oxygen atoms in total. The molecule has 68 valence electrons. The van der Waals surface area contributed by atoms with Gasteiger partial charge >= 0.3 is 5.97 Å². The third-order valence-corrected chi connectivity index (χ3v) is 1.79. The molecule has 1 aliphatic heterocycles. The molecule has 3 heteroatoms. The van der Waals surface area contributed by atoms with Crippen molar-refractivity contribution in [3.05, 3.63) is 12.2 Å². The molecule has 0 N–H and O–H groups in total. The molecule has 0 aromatic heterocycles. The smallest absolute Gasteiger partial charge is 0.330 e. The van der Waals surface area contributed by atoms with Gasteiger partial charge in [0.2, 0.25) is 0 Å². The minimum absolute atomic E-state index is 0.272. The van der Waals surface area contributed by atoms with Crippen LogP contribution in [0, 0.1) is 0 Å². The Morgan fingerprint density at radius 1 is 1.67 bits per heavy atom. The highest BCUT2D eigenvalue weighted by molar-refractivity contribution is 5.81. The first-order valence-electron chi connectivity index (χ1n) is 4.19. The SMILES string of the molecule is CC=CC(=O)OCCC1OC1C. The topological polar surface area (TPSA) is 38.8 Å². The highest BCUT2D eigenvalue weighted by Crippen LogP contribution is 2.23. The average Bonchev–Trinajstić information content (AvgIpc) is 2.67. The van der Waals surface area contributed by atoms with Crippen LogP contribution in [0.25, 0.3) is 0 Å². The number of hydrogen-bond acceptors (Lipinski definition) is 3. The van der Waals surface area contributed by atoms with Crippen LogP contribution in [0.2, 0.25) is 0 Å². The molecule has 2 atom stereocenters. The van der Waals surface area contributed by atoms with Gasteiger partial charge < -0.3 is 9.47 Å². The standard InChI is InChI=1S/C9H14O3/c1-3-4-9(10)11-6-5-8-7(2)12-8/h3-4,7-8H,5-6H2,1-2H3. The quantitative estimate of drug-likeness (QED) is 0.362. The Bertz CT molecular complexity index is 186. The summed E-state index contributed by atoms with van der Waals surface area (Å²) in [7, 11) is 0. The van der Waals surface area contributed by atoms with Crippen LogP contribution in [0.5, 0.6) is 0 Å². The lowest BCUT2D eigenvalue weighted by Gasteiger charge is -1.98. The molecule has 0 aliphatic carbocycles. The fourth-order valence-electron chi connectivity index (χ4n) is 0.993. The molecule has 0 aromatic carbocycles. The van der Waals surface area contributed by atoms with E-state index in [1.807, 2.05) is 6.92 Å². The normalized spacial score (nSPS) is 27.5. The van der Waals surface area contributed by atoms with Gasteiger partial charge in [0.05, 0.1) is 18.8 Å². The highest BCUT2D eigenvalue weighted by atomic mass is 16.6. The number of allylic oxidation sites excluding steroid dienone is 1. The Morgan fingerprint density at radius 2 is 2.33 bits per heavy atom. The third-order valence-electron chi connectivity index (χ3n) is 1.79. The summed E-state index contributed by atoms with van der Waals surface area (Å²) in [5, 5.41) is 0. The Morgan fingerprint density at radius 3 is 2.83 bits per heavy atom. The van der Waals surface area contributed by atoms with Crippen molar-refractivity contribution in [3.8, 4) is 0 Å². The molecular formula is C9H14O3.